The second-order valence-corrected chi connectivity index (χ2v) is 0. The summed E-state index contributed by atoms with van der Waals surface area (Å²) in [4.78, 5) is 0. The summed E-state index contributed by atoms with van der Waals surface area (Å²) >= 11 is 1.54. The van der Waals surface area contributed by atoms with Crippen molar-refractivity contribution in [3.8, 4) is 0 Å². The minimum absolute atomic E-state index is 0.125. The molecule has 0 heterocycles. The van der Waals surface area contributed by atoms with E-state index < -0.39 is 0 Å². The van der Waals surface area contributed by atoms with Gasteiger partial charge in [0.25, 0.3) is 0 Å². The van der Waals surface area contributed by atoms with Crippen molar-refractivity contribution < 1.29 is 21.8 Å². The summed E-state index contributed by atoms with van der Waals surface area (Å²) < 4.78 is 15.3. The van der Waals surface area contributed by atoms with Crippen molar-refractivity contribution in [2.24, 2.45) is 0 Å². The maximum absolute atomic E-state index is 8.38. The van der Waals surface area contributed by atoms with Crippen LogP contribution < -0.4 is 0 Å². The van der Waals surface area contributed by atoms with Gasteiger partial charge in [-0.2, -0.15) is 0 Å². The van der Waals surface area contributed by atoms with Crippen LogP contribution in [0.4, 0.5) is 0 Å². The molecular weight excluding hydrogens is 122 g/mol. The number of nitrogens with zero attached hydrogens (tertiary/aromatic N) is 1. The summed E-state index contributed by atoms with van der Waals surface area (Å²) in [5, 5.41) is 0. The van der Waals surface area contributed by atoms with Crippen molar-refractivity contribution >= 4 is 15.9 Å². The molecule has 0 saturated heterocycles. The topological polar surface area (TPSA) is 40.9 Å². The first kappa shape index (κ1) is 8.82. The summed E-state index contributed by atoms with van der Waals surface area (Å²) in [7, 11) is 0. The molecule has 2 nitrogen and oxygen atoms in total. The molecule has 0 aromatic rings. The summed E-state index contributed by atoms with van der Waals surface area (Å²) in [6, 6.07) is 0. The van der Waals surface area contributed by atoms with Gasteiger partial charge in [0, 0.05) is 0 Å². The third-order valence-electron chi connectivity index (χ3n) is 0. The molecule has 0 aliphatic rings. The first-order valence-electron chi connectivity index (χ1n) is 0.547. The van der Waals surface area contributed by atoms with Crippen LogP contribution in [-0.4, -0.2) is 15.9 Å². The van der Waals surface area contributed by atoms with Crippen LogP contribution in [0.3, 0.4) is 0 Å². The van der Waals surface area contributed by atoms with E-state index in [0.717, 1.165) is 0 Å². The van der Waals surface area contributed by atoms with E-state index in [9.17, 15) is 0 Å². The van der Waals surface area contributed by atoms with Gasteiger partial charge >= 0.3 is 41.9 Å². The Morgan fingerprint density at radius 1 is 1.50 bits per heavy atom. The molecule has 16 valence electrons. The van der Waals surface area contributed by atoms with Crippen LogP contribution in [-0.2, 0) is 21.8 Å². The van der Waals surface area contributed by atoms with E-state index in [0.29, 0.717) is 0 Å². The van der Waals surface area contributed by atoms with Crippen molar-refractivity contribution in [2.45, 2.75) is 0 Å². The minimum atomic E-state index is 0.125. The molecule has 0 aromatic heterocycles. The molecule has 0 saturated carbocycles. The number of hydrogen-bond acceptors (Lipinski definition) is 2. The second-order valence-electron chi connectivity index (χ2n) is 0. The molecule has 0 fully saturated rings. The quantitative estimate of drug-likeness (QED) is 0.407. The van der Waals surface area contributed by atoms with Gasteiger partial charge < -0.3 is 0 Å². The molecule has 0 atom stereocenters. The average molecular weight is 122 g/mol. The molecule has 0 N–H and O–H groups in total. The summed E-state index contributed by atoms with van der Waals surface area (Å²) in [6.07, 6.45) is 0. The van der Waals surface area contributed by atoms with E-state index >= 15 is 0 Å². The molecule has 0 aliphatic heterocycles. The third-order valence-corrected chi connectivity index (χ3v) is 0. The van der Waals surface area contributed by atoms with E-state index in [2.05, 4.69) is 0 Å². The molecule has 0 radical (unpaired) electrons. The Bertz CT molecular complexity index is 19.2. The Hall–Kier alpha value is 0.666. The monoisotopic (exact) mass is 121 g/mol. The van der Waals surface area contributed by atoms with Crippen molar-refractivity contribution in [3.63, 3.8) is 0 Å². The van der Waals surface area contributed by atoms with Crippen LogP contribution in [0.15, 0.2) is 0 Å². The second kappa shape index (κ2) is 58.8. The fraction of sp³-hybridized carbons (Fsp3) is 0. The van der Waals surface area contributed by atoms with Crippen LogP contribution in [0, 0.1) is 4.17 Å². The number of rotatable bonds is 0. The summed E-state index contributed by atoms with van der Waals surface area (Å²) in [5.41, 5.74) is 0. The standard InChI is InChI=1S/Al.N.O.Zn. The average Bonchev–Trinajstić information content (AvgIpc) is 1.50. The molecule has 0 unspecified atom stereocenters. The van der Waals surface area contributed by atoms with Gasteiger partial charge in [-0.05, 0) is 0 Å². The zero-order chi connectivity index (χ0) is 4.00. The van der Waals surface area contributed by atoms with Gasteiger partial charge in [0.2, 0.25) is 0 Å². The molecular formula is AlNOZn. The summed E-state index contributed by atoms with van der Waals surface area (Å²) in [5.74, 6) is 0. The molecule has 0 aromatic carbocycles. The van der Waals surface area contributed by atoms with E-state index in [4.69, 9.17) is 7.74 Å². The van der Waals surface area contributed by atoms with Crippen LogP contribution in [0.5, 0.6) is 0 Å². The van der Waals surface area contributed by atoms with Crippen LogP contribution in [0.25, 0.3) is 0 Å². The van der Waals surface area contributed by atoms with Crippen LogP contribution in [0.2, 0.25) is 0 Å². The van der Waals surface area contributed by atoms with Gasteiger partial charge in [-0.25, -0.2) is 0 Å². The Morgan fingerprint density at radius 2 is 1.50 bits per heavy atom. The molecule has 4 heavy (non-hydrogen) atoms. The Kier molecular flexibility index (Phi) is 130. The van der Waals surface area contributed by atoms with Gasteiger partial charge in [-0.1, -0.05) is 0 Å². The van der Waals surface area contributed by atoms with E-state index in [1.165, 1.54) is 15.9 Å². The van der Waals surface area contributed by atoms with Gasteiger partial charge in [-0.3, -0.25) is 0 Å². The van der Waals surface area contributed by atoms with Crippen molar-refractivity contribution in [1.82, 2.24) is 0 Å². The Morgan fingerprint density at radius 3 is 1.50 bits per heavy atom. The predicted octanol–water partition coefficient (Wildman–Crippen LogP) is -0.487. The zero-order valence-corrected chi connectivity index (χ0v) is 6.26. The molecule has 0 rings (SSSR count). The number of hydrogen-bond donors (Lipinski definition) is 0. The fourth-order valence-corrected chi connectivity index (χ4v) is 0. The van der Waals surface area contributed by atoms with Gasteiger partial charge in [-0.15, -0.1) is 0 Å². The predicted molar refractivity (Wildman–Crippen MR) is 8.17 cm³/mol. The van der Waals surface area contributed by atoms with E-state index in [1.807, 2.05) is 0 Å². The van der Waals surface area contributed by atoms with Crippen molar-refractivity contribution in [3.05, 3.63) is 0 Å². The third kappa shape index (κ3) is 16.7. The molecule has 0 aliphatic carbocycles. The Balaban J connectivity index is 0. The Labute approximate surface area is 42.2 Å². The van der Waals surface area contributed by atoms with E-state index in [1.54, 1.807) is 0 Å². The first-order valence-corrected chi connectivity index (χ1v) is 2.27. The molecule has 4 heteroatoms. The van der Waals surface area contributed by atoms with Crippen LogP contribution >= 0.6 is 0 Å². The van der Waals surface area contributed by atoms with E-state index in [-0.39, 0.29) is 18.3 Å². The first-order chi connectivity index (χ1) is 2.00. The normalized spacial score (nSPS) is 2.75. The molecule has 0 amide bonds. The zero-order valence-electron chi connectivity index (χ0n) is 2.14. The van der Waals surface area contributed by atoms with Gasteiger partial charge in [0.1, 0.15) is 0 Å². The molecule has 0 bridgehead atoms. The van der Waals surface area contributed by atoms with Gasteiger partial charge in [0.05, 0.1) is 0 Å². The SMILES string of the molecule is [N]#[Al].[O]=[Zn]. The molecule has 0 spiro atoms. The van der Waals surface area contributed by atoms with Crippen molar-refractivity contribution in [1.29, 1.82) is 4.17 Å². The van der Waals surface area contributed by atoms with Crippen LogP contribution in [0.1, 0.15) is 0 Å². The maximum atomic E-state index is 8.38. The van der Waals surface area contributed by atoms with Crippen molar-refractivity contribution in [2.75, 3.05) is 0 Å². The fourth-order valence-electron chi connectivity index (χ4n) is 0. The van der Waals surface area contributed by atoms with Gasteiger partial charge in [0.15, 0.2) is 0 Å². The summed E-state index contributed by atoms with van der Waals surface area (Å²) in [6.45, 7) is 0.